The Labute approximate surface area is 141 Å². The first-order chi connectivity index (χ1) is 11.7. The van der Waals surface area contributed by atoms with E-state index < -0.39 is 22.1 Å². The Morgan fingerprint density at radius 3 is 2.84 bits per heavy atom. The Morgan fingerprint density at radius 1 is 1.28 bits per heavy atom. The van der Waals surface area contributed by atoms with Crippen LogP contribution in [-0.4, -0.2) is 35.6 Å². The van der Waals surface area contributed by atoms with Crippen molar-refractivity contribution in [2.75, 3.05) is 0 Å². The molecule has 0 fully saturated rings. The quantitative estimate of drug-likeness (QED) is 0.880. The summed E-state index contributed by atoms with van der Waals surface area (Å²) in [6.07, 6.45) is -1.68. The molecule has 1 N–H and O–H groups in total. The van der Waals surface area contributed by atoms with E-state index in [9.17, 15) is 21.6 Å². The molecule has 1 aliphatic rings. The van der Waals surface area contributed by atoms with Crippen molar-refractivity contribution in [2.45, 2.75) is 43.1 Å². The van der Waals surface area contributed by atoms with Gasteiger partial charge in [0.05, 0.1) is 4.90 Å². The fraction of sp³-hybridized carbons (Fsp3) is 0.429. The largest absolute Gasteiger partial charge is 0.573 e. The van der Waals surface area contributed by atoms with E-state index in [1.54, 1.807) is 6.33 Å². The summed E-state index contributed by atoms with van der Waals surface area (Å²) in [6, 6.07) is 3.96. The van der Waals surface area contributed by atoms with Crippen molar-refractivity contribution in [1.82, 2.24) is 19.5 Å². The third-order valence-corrected chi connectivity index (χ3v) is 5.32. The molecule has 0 radical (unpaired) electrons. The van der Waals surface area contributed by atoms with Crippen molar-refractivity contribution in [3.05, 3.63) is 36.4 Å². The second-order valence-electron chi connectivity index (χ2n) is 5.61. The maximum absolute atomic E-state index is 12.5. The third kappa shape index (κ3) is 4.48. The number of rotatable bonds is 4. The number of aromatic nitrogens is 3. The summed E-state index contributed by atoms with van der Waals surface area (Å²) < 4.78 is 69.9. The van der Waals surface area contributed by atoms with Crippen LogP contribution in [0.1, 0.15) is 18.7 Å². The van der Waals surface area contributed by atoms with Crippen LogP contribution in [0.15, 0.2) is 35.5 Å². The van der Waals surface area contributed by atoms with Crippen molar-refractivity contribution < 1.29 is 26.3 Å². The molecule has 2 aromatic rings. The molecule has 7 nitrogen and oxygen atoms in total. The molecule has 1 aliphatic heterocycles. The first kappa shape index (κ1) is 17.7. The smallest absolute Gasteiger partial charge is 0.406 e. The van der Waals surface area contributed by atoms with Crippen LogP contribution < -0.4 is 9.46 Å². The first-order valence-electron chi connectivity index (χ1n) is 7.48. The van der Waals surface area contributed by atoms with E-state index in [0.717, 1.165) is 18.0 Å². The summed E-state index contributed by atoms with van der Waals surface area (Å²) in [5.74, 6) is 0.199. The summed E-state index contributed by atoms with van der Waals surface area (Å²) in [6.45, 7) is 0.562. The van der Waals surface area contributed by atoms with Crippen LogP contribution in [0.3, 0.4) is 0 Å². The van der Waals surface area contributed by atoms with Gasteiger partial charge in [0.1, 0.15) is 17.9 Å². The zero-order chi connectivity index (χ0) is 18.1. The Hall–Kier alpha value is -2.14. The van der Waals surface area contributed by atoms with Crippen LogP contribution in [0.4, 0.5) is 13.2 Å². The second-order valence-corrected chi connectivity index (χ2v) is 7.32. The Kier molecular flexibility index (Phi) is 4.69. The van der Waals surface area contributed by atoms with Crippen LogP contribution >= 0.6 is 0 Å². The van der Waals surface area contributed by atoms with Crippen LogP contribution in [0.5, 0.6) is 5.75 Å². The van der Waals surface area contributed by atoms with Crippen LogP contribution in [0.2, 0.25) is 0 Å². The fourth-order valence-electron chi connectivity index (χ4n) is 2.65. The highest BCUT2D eigenvalue weighted by Crippen LogP contribution is 2.25. The lowest BCUT2D eigenvalue weighted by molar-refractivity contribution is -0.274. The molecule has 2 heterocycles. The molecule has 0 spiro atoms. The number of alkyl halides is 3. The molecule has 0 bridgehead atoms. The molecule has 0 amide bonds. The SMILES string of the molecule is O=S(=O)(NC1CCc2nncn2CC1)c1cccc(OC(F)(F)F)c1. The number of hydrogen-bond donors (Lipinski definition) is 1. The maximum atomic E-state index is 12.5. The van der Waals surface area contributed by atoms with Crippen molar-refractivity contribution >= 4 is 10.0 Å². The normalized spacial score (nSPS) is 18.4. The van der Waals surface area contributed by atoms with Gasteiger partial charge in [-0.05, 0) is 25.0 Å². The average molecular weight is 376 g/mol. The lowest BCUT2D eigenvalue weighted by Crippen LogP contribution is -2.35. The molecule has 0 saturated heterocycles. The number of benzene rings is 1. The van der Waals surface area contributed by atoms with Gasteiger partial charge in [0, 0.05) is 25.1 Å². The van der Waals surface area contributed by atoms with Crippen LogP contribution in [-0.2, 0) is 23.0 Å². The number of aryl methyl sites for hydroxylation is 2. The second kappa shape index (κ2) is 6.64. The van der Waals surface area contributed by atoms with E-state index >= 15 is 0 Å². The van der Waals surface area contributed by atoms with E-state index in [-0.39, 0.29) is 10.9 Å². The molecule has 3 rings (SSSR count). The molecule has 136 valence electrons. The van der Waals surface area contributed by atoms with Gasteiger partial charge in [-0.3, -0.25) is 0 Å². The van der Waals surface area contributed by atoms with E-state index in [1.807, 2.05) is 4.57 Å². The van der Waals surface area contributed by atoms with Gasteiger partial charge in [-0.2, -0.15) is 0 Å². The molecule has 0 aliphatic carbocycles. The van der Waals surface area contributed by atoms with Gasteiger partial charge in [-0.25, -0.2) is 13.1 Å². The van der Waals surface area contributed by atoms with Crippen LogP contribution in [0, 0.1) is 0 Å². The number of nitrogens with zero attached hydrogens (tertiary/aromatic N) is 3. The fourth-order valence-corrected chi connectivity index (χ4v) is 3.99. The number of halogens is 3. The summed E-state index contributed by atoms with van der Waals surface area (Å²) in [5, 5.41) is 7.76. The van der Waals surface area contributed by atoms with Crippen molar-refractivity contribution in [1.29, 1.82) is 0 Å². The minimum absolute atomic E-state index is 0.280. The van der Waals surface area contributed by atoms with E-state index in [4.69, 9.17) is 0 Å². The zero-order valence-electron chi connectivity index (χ0n) is 12.9. The first-order valence-corrected chi connectivity index (χ1v) is 8.96. The monoisotopic (exact) mass is 376 g/mol. The van der Waals surface area contributed by atoms with Crippen molar-refractivity contribution in [3.8, 4) is 5.75 Å². The molecule has 1 atom stereocenters. The molecule has 11 heteroatoms. The summed E-state index contributed by atoms with van der Waals surface area (Å²) >= 11 is 0. The highest BCUT2D eigenvalue weighted by molar-refractivity contribution is 7.89. The van der Waals surface area contributed by atoms with Crippen LogP contribution in [0.25, 0.3) is 0 Å². The molecule has 1 aromatic carbocycles. The van der Waals surface area contributed by atoms with Gasteiger partial charge in [-0.15, -0.1) is 23.4 Å². The van der Waals surface area contributed by atoms with E-state index in [2.05, 4.69) is 19.7 Å². The number of ether oxygens (including phenoxy) is 1. The average Bonchev–Trinajstić information content (AvgIpc) is 2.88. The topological polar surface area (TPSA) is 86.1 Å². The Bertz CT molecular complexity index is 829. The minimum atomic E-state index is -4.88. The molecule has 0 saturated carbocycles. The van der Waals surface area contributed by atoms with Gasteiger partial charge >= 0.3 is 6.36 Å². The minimum Gasteiger partial charge on any atom is -0.406 e. The van der Waals surface area contributed by atoms with Crippen molar-refractivity contribution in [2.24, 2.45) is 0 Å². The summed E-state index contributed by atoms with van der Waals surface area (Å²) in [4.78, 5) is -0.280. The lowest BCUT2D eigenvalue weighted by Gasteiger charge is -2.17. The predicted octanol–water partition coefficient (Wildman–Crippen LogP) is 1.86. The van der Waals surface area contributed by atoms with E-state index in [1.165, 1.54) is 12.1 Å². The predicted molar refractivity (Wildman–Crippen MR) is 80.2 cm³/mol. The zero-order valence-corrected chi connectivity index (χ0v) is 13.7. The van der Waals surface area contributed by atoms with E-state index in [0.29, 0.717) is 25.8 Å². The number of sulfonamides is 1. The Balaban J connectivity index is 1.72. The van der Waals surface area contributed by atoms with Gasteiger partial charge in [0.2, 0.25) is 10.0 Å². The Morgan fingerprint density at radius 2 is 2.08 bits per heavy atom. The lowest BCUT2D eigenvalue weighted by atomic mass is 10.1. The van der Waals surface area contributed by atoms with Gasteiger partial charge in [-0.1, -0.05) is 6.07 Å². The summed E-state index contributed by atoms with van der Waals surface area (Å²) in [5.41, 5.74) is 0. The molecule has 1 aromatic heterocycles. The molecular weight excluding hydrogens is 361 g/mol. The van der Waals surface area contributed by atoms with Gasteiger partial charge < -0.3 is 9.30 Å². The number of hydrogen-bond acceptors (Lipinski definition) is 5. The highest BCUT2D eigenvalue weighted by Gasteiger charge is 2.31. The molecule has 1 unspecified atom stereocenters. The summed E-state index contributed by atoms with van der Waals surface area (Å²) in [7, 11) is -3.97. The standard InChI is InChI=1S/C14H15F3N4O3S/c15-14(16,17)24-11-2-1-3-12(8-11)25(22,23)20-10-4-5-13-19-18-9-21(13)7-6-10/h1-3,8-10,20H,4-7H2. The number of fused-ring (bicyclic) bond motifs is 1. The van der Waals surface area contributed by atoms with Gasteiger partial charge in [0.25, 0.3) is 0 Å². The van der Waals surface area contributed by atoms with Gasteiger partial charge in [0.15, 0.2) is 0 Å². The molecular formula is C14H15F3N4O3S. The highest BCUT2D eigenvalue weighted by atomic mass is 32.2. The number of nitrogens with one attached hydrogen (secondary N) is 1. The maximum Gasteiger partial charge on any atom is 0.573 e. The van der Waals surface area contributed by atoms with Crippen molar-refractivity contribution in [3.63, 3.8) is 0 Å². The molecule has 25 heavy (non-hydrogen) atoms. The third-order valence-electron chi connectivity index (χ3n) is 3.80.